The molecule has 1 heteroatoms. The SMILES string of the molecule is C=C(C(C#Cc1ccccc1)CCCC)[Si](C)(C)C. The molecule has 19 heavy (non-hydrogen) atoms. The van der Waals surface area contributed by atoms with Crippen molar-refractivity contribution in [2.75, 3.05) is 0 Å². The molecule has 0 nitrogen and oxygen atoms in total. The highest BCUT2D eigenvalue weighted by Gasteiger charge is 2.23. The van der Waals surface area contributed by atoms with E-state index >= 15 is 0 Å². The lowest BCUT2D eigenvalue weighted by molar-refractivity contribution is 0.646. The smallest absolute Gasteiger partial charge is 0.0732 e. The summed E-state index contributed by atoms with van der Waals surface area (Å²) in [6.07, 6.45) is 3.61. The minimum absolute atomic E-state index is 0.367. The lowest BCUT2D eigenvalue weighted by atomic mass is 10.0. The van der Waals surface area contributed by atoms with Gasteiger partial charge in [-0.3, -0.25) is 0 Å². The van der Waals surface area contributed by atoms with Gasteiger partial charge < -0.3 is 0 Å². The number of unbranched alkanes of at least 4 members (excludes halogenated alkanes) is 1. The van der Waals surface area contributed by atoms with E-state index in [1.54, 1.807) is 0 Å². The van der Waals surface area contributed by atoms with Crippen molar-refractivity contribution in [1.82, 2.24) is 0 Å². The van der Waals surface area contributed by atoms with Crippen LogP contribution in [0.1, 0.15) is 31.7 Å². The Morgan fingerprint density at radius 3 is 2.37 bits per heavy atom. The van der Waals surface area contributed by atoms with Crippen molar-refractivity contribution in [2.24, 2.45) is 5.92 Å². The maximum atomic E-state index is 4.35. The average molecular weight is 270 g/mol. The Morgan fingerprint density at radius 2 is 1.84 bits per heavy atom. The topological polar surface area (TPSA) is 0 Å². The molecule has 0 amide bonds. The second kappa shape index (κ2) is 7.36. The molecule has 1 aromatic carbocycles. The van der Waals surface area contributed by atoms with Gasteiger partial charge in [-0.25, -0.2) is 0 Å². The third kappa shape index (κ3) is 5.49. The van der Waals surface area contributed by atoms with Gasteiger partial charge in [-0.05, 0) is 18.6 Å². The number of hydrogen-bond acceptors (Lipinski definition) is 0. The number of benzene rings is 1. The molecule has 0 N–H and O–H groups in total. The van der Waals surface area contributed by atoms with Crippen LogP contribution in [0, 0.1) is 17.8 Å². The summed E-state index contributed by atoms with van der Waals surface area (Å²) in [5, 5.41) is 1.39. The van der Waals surface area contributed by atoms with E-state index in [0.717, 1.165) is 12.0 Å². The molecular weight excluding hydrogens is 244 g/mol. The summed E-state index contributed by atoms with van der Waals surface area (Å²) in [6.45, 7) is 13.7. The van der Waals surface area contributed by atoms with Crippen molar-refractivity contribution >= 4 is 8.07 Å². The molecule has 1 aromatic rings. The van der Waals surface area contributed by atoms with Gasteiger partial charge in [-0.15, -0.1) is 6.58 Å². The van der Waals surface area contributed by atoms with E-state index in [2.05, 4.69) is 57.1 Å². The standard InChI is InChI=1S/C18H26Si/c1-6-7-13-18(16(2)19(3,4)5)15-14-17-11-9-8-10-12-17/h8-12,18H,2,6-7,13H2,1,3-5H3. The molecule has 0 aliphatic heterocycles. The van der Waals surface area contributed by atoms with E-state index in [4.69, 9.17) is 0 Å². The van der Waals surface area contributed by atoms with Gasteiger partial charge in [0.2, 0.25) is 0 Å². The Bertz CT molecular complexity index is 454. The van der Waals surface area contributed by atoms with Gasteiger partial charge in [0.05, 0.1) is 8.07 Å². The summed E-state index contributed by atoms with van der Waals surface area (Å²) in [6, 6.07) is 10.2. The van der Waals surface area contributed by atoms with Crippen molar-refractivity contribution < 1.29 is 0 Å². The van der Waals surface area contributed by atoms with E-state index in [0.29, 0.717) is 5.92 Å². The van der Waals surface area contributed by atoms with Crippen LogP contribution in [0.4, 0.5) is 0 Å². The Labute approximate surface area is 120 Å². The first kappa shape index (κ1) is 15.8. The minimum Gasteiger partial charge on any atom is -0.103 e. The van der Waals surface area contributed by atoms with Crippen LogP contribution in [0.2, 0.25) is 19.6 Å². The Balaban J connectivity index is 2.87. The first-order valence-corrected chi connectivity index (χ1v) is 10.7. The molecule has 102 valence electrons. The highest BCUT2D eigenvalue weighted by molar-refractivity contribution is 6.83. The van der Waals surface area contributed by atoms with Gasteiger partial charge in [-0.1, -0.05) is 74.6 Å². The Hall–Kier alpha value is -1.26. The molecule has 0 aliphatic rings. The van der Waals surface area contributed by atoms with Gasteiger partial charge in [0.15, 0.2) is 0 Å². The molecule has 0 saturated carbocycles. The molecule has 0 radical (unpaired) electrons. The maximum Gasteiger partial charge on any atom is 0.0732 e. The lowest BCUT2D eigenvalue weighted by Crippen LogP contribution is -2.28. The summed E-state index contributed by atoms with van der Waals surface area (Å²) in [5.74, 6) is 7.15. The van der Waals surface area contributed by atoms with Crippen LogP contribution in [0.5, 0.6) is 0 Å². The van der Waals surface area contributed by atoms with Crippen molar-refractivity contribution in [1.29, 1.82) is 0 Å². The molecule has 0 aromatic heterocycles. The molecular formula is C18H26Si. The molecule has 1 unspecified atom stereocenters. The highest BCUT2D eigenvalue weighted by atomic mass is 28.3. The normalized spacial score (nSPS) is 12.4. The van der Waals surface area contributed by atoms with E-state index in [1.165, 1.54) is 18.0 Å². The van der Waals surface area contributed by atoms with Gasteiger partial charge in [0, 0.05) is 11.5 Å². The third-order valence-electron chi connectivity index (χ3n) is 3.39. The van der Waals surface area contributed by atoms with Crippen LogP contribution < -0.4 is 0 Å². The number of rotatable bonds is 5. The average Bonchev–Trinajstić information content (AvgIpc) is 2.38. The van der Waals surface area contributed by atoms with Crippen LogP contribution in [-0.4, -0.2) is 8.07 Å². The van der Waals surface area contributed by atoms with Crippen molar-refractivity contribution in [2.45, 2.75) is 45.8 Å². The summed E-state index contributed by atoms with van der Waals surface area (Å²) in [7, 11) is -1.31. The van der Waals surface area contributed by atoms with Crippen molar-refractivity contribution in [3.05, 3.63) is 47.7 Å². The van der Waals surface area contributed by atoms with E-state index < -0.39 is 8.07 Å². The fourth-order valence-electron chi connectivity index (χ4n) is 1.96. The Kier molecular flexibility index (Phi) is 6.11. The van der Waals surface area contributed by atoms with Crippen molar-refractivity contribution in [3.63, 3.8) is 0 Å². The molecule has 0 bridgehead atoms. The molecule has 1 atom stereocenters. The van der Waals surface area contributed by atoms with E-state index in [-0.39, 0.29) is 0 Å². The quantitative estimate of drug-likeness (QED) is 0.504. The van der Waals surface area contributed by atoms with Crippen molar-refractivity contribution in [3.8, 4) is 11.8 Å². The molecule has 0 heterocycles. The second-order valence-corrected chi connectivity index (χ2v) is 11.2. The van der Waals surface area contributed by atoms with Gasteiger partial charge in [0.1, 0.15) is 0 Å². The summed E-state index contributed by atoms with van der Waals surface area (Å²) in [5.41, 5.74) is 1.10. The first-order chi connectivity index (χ1) is 8.95. The summed E-state index contributed by atoms with van der Waals surface area (Å²) < 4.78 is 0. The summed E-state index contributed by atoms with van der Waals surface area (Å²) in [4.78, 5) is 0. The number of hydrogen-bond donors (Lipinski definition) is 0. The molecule has 0 saturated heterocycles. The van der Waals surface area contributed by atoms with Gasteiger partial charge >= 0.3 is 0 Å². The van der Waals surface area contributed by atoms with E-state index in [1.807, 2.05) is 18.2 Å². The predicted octanol–water partition coefficient (Wildman–Crippen LogP) is 5.28. The zero-order valence-corrected chi connectivity index (χ0v) is 13.8. The van der Waals surface area contributed by atoms with Gasteiger partial charge in [0.25, 0.3) is 0 Å². The zero-order valence-electron chi connectivity index (χ0n) is 12.8. The minimum atomic E-state index is -1.31. The summed E-state index contributed by atoms with van der Waals surface area (Å²) >= 11 is 0. The maximum absolute atomic E-state index is 4.35. The van der Waals surface area contributed by atoms with E-state index in [9.17, 15) is 0 Å². The van der Waals surface area contributed by atoms with Crippen LogP contribution in [0.3, 0.4) is 0 Å². The molecule has 0 fully saturated rings. The molecule has 0 spiro atoms. The number of allylic oxidation sites excluding steroid dienone is 1. The largest absolute Gasteiger partial charge is 0.103 e. The van der Waals surface area contributed by atoms with Gasteiger partial charge in [-0.2, -0.15) is 0 Å². The lowest BCUT2D eigenvalue weighted by Gasteiger charge is -2.24. The molecule has 1 rings (SSSR count). The van der Waals surface area contributed by atoms with Crippen LogP contribution in [0.15, 0.2) is 42.1 Å². The monoisotopic (exact) mass is 270 g/mol. The fraction of sp³-hybridized carbons (Fsp3) is 0.444. The van der Waals surface area contributed by atoms with Crippen LogP contribution >= 0.6 is 0 Å². The zero-order chi connectivity index (χ0) is 14.3. The highest BCUT2D eigenvalue weighted by Crippen LogP contribution is 2.25. The third-order valence-corrected chi connectivity index (χ3v) is 5.67. The fourth-order valence-corrected chi connectivity index (χ4v) is 3.22. The second-order valence-electron chi connectivity index (χ2n) is 6.11. The van der Waals surface area contributed by atoms with Crippen LogP contribution in [-0.2, 0) is 0 Å². The van der Waals surface area contributed by atoms with Crippen LogP contribution in [0.25, 0.3) is 0 Å². The predicted molar refractivity (Wildman–Crippen MR) is 88.8 cm³/mol. The Morgan fingerprint density at radius 1 is 1.21 bits per heavy atom. The first-order valence-electron chi connectivity index (χ1n) is 7.21. The molecule has 0 aliphatic carbocycles.